The van der Waals surface area contributed by atoms with Crippen molar-refractivity contribution in [2.75, 3.05) is 26.9 Å². The predicted molar refractivity (Wildman–Crippen MR) is 66.3 cm³/mol. The van der Waals surface area contributed by atoms with Gasteiger partial charge in [0.1, 0.15) is 13.2 Å². The van der Waals surface area contributed by atoms with Crippen LogP contribution in [0.25, 0.3) is 0 Å². The molecule has 3 N–H and O–H groups in total. The minimum atomic E-state index is 0.192. The number of aliphatic hydroxyl groups is 1. The Morgan fingerprint density at radius 2 is 2.24 bits per heavy atom. The van der Waals surface area contributed by atoms with Crippen molar-refractivity contribution in [3.05, 3.63) is 36.4 Å². The van der Waals surface area contributed by atoms with Gasteiger partial charge in [0.15, 0.2) is 11.5 Å². The SMILES string of the molecule is C=CCOc1ccc(C[NH2+]CCO)cc1OC. The monoisotopic (exact) mass is 238 g/mol. The number of ether oxygens (including phenoxy) is 2. The van der Waals surface area contributed by atoms with E-state index < -0.39 is 0 Å². The van der Waals surface area contributed by atoms with E-state index in [0.29, 0.717) is 13.2 Å². The van der Waals surface area contributed by atoms with E-state index in [1.807, 2.05) is 23.5 Å². The Balaban J connectivity index is 2.66. The molecule has 0 fully saturated rings. The summed E-state index contributed by atoms with van der Waals surface area (Å²) >= 11 is 0. The summed E-state index contributed by atoms with van der Waals surface area (Å²) in [6, 6.07) is 5.84. The number of quaternary nitrogens is 1. The van der Waals surface area contributed by atoms with Crippen molar-refractivity contribution < 1.29 is 19.9 Å². The first-order chi connectivity index (χ1) is 8.31. The molecular formula is C13H20NO3+. The Morgan fingerprint density at radius 3 is 2.88 bits per heavy atom. The van der Waals surface area contributed by atoms with E-state index >= 15 is 0 Å². The molecule has 0 saturated heterocycles. The van der Waals surface area contributed by atoms with Crippen LogP contribution in [0.2, 0.25) is 0 Å². The Morgan fingerprint density at radius 1 is 1.41 bits per heavy atom. The zero-order valence-corrected chi connectivity index (χ0v) is 10.2. The Bertz CT molecular complexity index is 353. The van der Waals surface area contributed by atoms with Gasteiger partial charge in [0.25, 0.3) is 0 Å². The van der Waals surface area contributed by atoms with Crippen LogP contribution in [0.3, 0.4) is 0 Å². The first kappa shape index (κ1) is 13.5. The lowest BCUT2D eigenvalue weighted by molar-refractivity contribution is -0.671. The van der Waals surface area contributed by atoms with Crippen LogP contribution >= 0.6 is 0 Å². The van der Waals surface area contributed by atoms with Crippen LogP contribution in [-0.2, 0) is 6.54 Å². The molecule has 0 aliphatic rings. The van der Waals surface area contributed by atoms with E-state index in [2.05, 4.69) is 6.58 Å². The van der Waals surface area contributed by atoms with Gasteiger partial charge in [-0.15, -0.1) is 0 Å². The van der Waals surface area contributed by atoms with Crippen molar-refractivity contribution in [3.8, 4) is 11.5 Å². The lowest BCUT2D eigenvalue weighted by Crippen LogP contribution is -2.83. The molecule has 17 heavy (non-hydrogen) atoms. The van der Waals surface area contributed by atoms with Gasteiger partial charge in [-0.25, -0.2) is 0 Å². The molecule has 0 spiro atoms. The molecule has 0 heterocycles. The van der Waals surface area contributed by atoms with Gasteiger partial charge in [-0.3, -0.25) is 0 Å². The molecule has 1 rings (SSSR count). The number of methoxy groups -OCH3 is 1. The normalized spacial score (nSPS) is 10.0. The number of rotatable bonds is 8. The summed E-state index contributed by atoms with van der Waals surface area (Å²) in [5, 5.41) is 10.7. The van der Waals surface area contributed by atoms with Gasteiger partial charge in [0.05, 0.1) is 20.3 Å². The van der Waals surface area contributed by atoms with E-state index in [9.17, 15) is 0 Å². The van der Waals surface area contributed by atoms with Gasteiger partial charge < -0.3 is 19.9 Å². The number of aliphatic hydroxyl groups excluding tert-OH is 1. The minimum absolute atomic E-state index is 0.192. The highest BCUT2D eigenvalue weighted by Gasteiger charge is 2.06. The molecule has 0 atom stereocenters. The maximum Gasteiger partial charge on any atom is 0.161 e. The van der Waals surface area contributed by atoms with Crippen LogP contribution in [0, 0.1) is 0 Å². The number of hydrogen-bond acceptors (Lipinski definition) is 3. The van der Waals surface area contributed by atoms with Crippen LogP contribution in [0.5, 0.6) is 11.5 Å². The highest BCUT2D eigenvalue weighted by Crippen LogP contribution is 2.27. The number of nitrogens with two attached hydrogens (primary N) is 1. The van der Waals surface area contributed by atoms with Crippen molar-refractivity contribution in [2.24, 2.45) is 0 Å². The highest BCUT2D eigenvalue weighted by atomic mass is 16.5. The molecule has 0 unspecified atom stereocenters. The second kappa shape index (κ2) is 7.70. The van der Waals surface area contributed by atoms with Gasteiger partial charge >= 0.3 is 0 Å². The second-order valence-electron chi connectivity index (χ2n) is 3.59. The number of benzene rings is 1. The Hall–Kier alpha value is -1.52. The van der Waals surface area contributed by atoms with Gasteiger partial charge in [-0.2, -0.15) is 0 Å². The average Bonchev–Trinajstić information content (AvgIpc) is 2.37. The number of hydrogen-bond donors (Lipinski definition) is 2. The maximum absolute atomic E-state index is 8.70. The summed E-state index contributed by atoms with van der Waals surface area (Å²) in [5.41, 5.74) is 1.14. The molecule has 4 nitrogen and oxygen atoms in total. The molecule has 0 aliphatic heterocycles. The van der Waals surface area contributed by atoms with Crippen molar-refractivity contribution in [1.29, 1.82) is 0 Å². The van der Waals surface area contributed by atoms with E-state index in [0.717, 1.165) is 23.6 Å². The van der Waals surface area contributed by atoms with Crippen molar-refractivity contribution in [1.82, 2.24) is 0 Å². The van der Waals surface area contributed by atoms with Crippen LogP contribution < -0.4 is 14.8 Å². The summed E-state index contributed by atoms with van der Waals surface area (Å²) in [4.78, 5) is 0. The highest BCUT2D eigenvalue weighted by molar-refractivity contribution is 5.42. The molecule has 1 aromatic carbocycles. The fourth-order valence-corrected chi connectivity index (χ4v) is 1.47. The smallest absolute Gasteiger partial charge is 0.161 e. The molecular weight excluding hydrogens is 218 g/mol. The summed E-state index contributed by atoms with van der Waals surface area (Å²) in [6.07, 6.45) is 1.70. The molecule has 0 bridgehead atoms. The van der Waals surface area contributed by atoms with Crippen LogP contribution in [0.4, 0.5) is 0 Å². The van der Waals surface area contributed by atoms with Crippen LogP contribution in [0.1, 0.15) is 5.56 Å². The van der Waals surface area contributed by atoms with E-state index in [1.165, 1.54) is 0 Å². The van der Waals surface area contributed by atoms with E-state index in [1.54, 1.807) is 13.2 Å². The van der Waals surface area contributed by atoms with Crippen LogP contribution in [0.15, 0.2) is 30.9 Å². The van der Waals surface area contributed by atoms with E-state index in [4.69, 9.17) is 14.6 Å². The Labute approximate surface area is 102 Å². The first-order valence-electron chi connectivity index (χ1n) is 5.65. The largest absolute Gasteiger partial charge is 0.493 e. The molecule has 94 valence electrons. The zero-order valence-electron chi connectivity index (χ0n) is 10.2. The molecule has 4 heteroatoms. The standard InChI is InChI=1S/C13H19NO3/c1-3-8-17-12-5-4-11(9-13(12)16-2)10-14-6-7-15/h3-5,9,14-15H,1,6-8,10H2,2H3/p+1. The summed E-state index contributed by atoms with van der Waals surface area (Å²) in [5.74, 6) is 1.44. The lowest BCUT2D eigenvalue weighted by atomic mass is 10.2. The maximum atomic E-state index is 8.70. The predicted octanol–water partition coefficient (Wildman–Crippen LogP) is 0.316. The zero-order chi connectivity index (χ0) is 12.5. The summed E-state index contributed by atoms with van der Waals surface area (Å²) < 4.78 is 10.7. The fourth-order valence-electron chi connectivity index (χ4n) is 1.47. The third-order valence-electron chi connectivity index (χ3n) is 2.30. The van der Waals surface area contributed by atoms with Gasteiger partial charge in [0.2, 0.25) is 0 Å². The molecule has 0 saturated carbocycles. The third-order valence-corrected chi connectivity index (χ3v) is 2.30. The van der Waals surface area contributed by atoms with Gasteiger partial charge in [-0.05, 0) is 18.2 Å². The third kappa shape index (κ3) is 4.46. The molecule has 0 amide bonds. The average molecular weight is 238 g/mol. The topological polar surface area (TPSA) is 55.3 Å². The summed E-state index contributed by atoms with van der Waals surface area (Å²) in [7, 11) is 1.62. The summed E-state index contributed by atoms with van der Waals surface area (Å²) in [6.45, 7) is 5.78. The lowest BCUT2D eigenvalue weighted by Gasteiger charge is -2.10. The molecule has 0 aliphatic carbocycles. The molecule has 0 radical (unpaired) electrons. The molecule has 1 aromatic rings. The molecule has 0 aromatic heterocycles. The van der Waals surface area contributed by atoms with Crippen molar-refractivity contribution in [3.63, 3.8) is 0 Å². The van der Waals surface area contributed by atoms with Crippen molar-refractivity contribution in [2.45, 2.75) is 6.54 Å². The quantitative estimate of drug-likeness (QED) is 0.506. The second-order valence-corrected chi connectivity index (χ2v) is 3.59. The minimum Gasteiger partial charge on any atom is -0.493 e. The first-order valence-corrected chi connectivity index (χ1v) is 5.65. The van der Waals surface area contributed by atoms with Gasteiger partial charge in [-0.1, -0.05) is 12.7 Å². The van der Waals surface area contributed by atoms with Crippen molar-refractivity contribution >= 4 is 0 Å². The van der Waals surface area contributed by atoms with Crippen LogP contribution in [-0.4, -0.2) is 32.0 Å². The fraction of sp³-hybridized carbons (Fsp3) is 0.385. The van der Waals surface area contributed by atoms with Gasteiger partial charge in [0, 0.05) is 5.56 Å². The van der Waals surface area contributed by atoms with E-state index in [-0.39, 0.29) is 6.61 Å². The Kier molecular flexibility index (Phi) is 6.14.